The van der Waals surface area contributed by atoms with E-state index in [4.69, 9.17) is 10.5 Å². The Morgan fingerprint density at radius 3 is 3.15 bits per heavy atom. The molecule has 0 aliphatic heterocycles. The Morgan fingerprint density at radius 1 is 1.62 bits per heavy atom. The lowest BCUT2D eigenvalue weighted by molar-refractivity contribution is 0.187. The Kier molecular flexibility index (Phi) is 4.75. The number of thiophene rings is 1. The van der Waals surface area contributed by atoms with E-state index in [1.54, 1.807) is 18.4 Å². The fourth-order valence-electron chi connectivity index (χ4n) is 1.02. The number of hydrogen-bond acceptors (Lipinski definition) is 3. The van der Waals surface area contributed by atoms with Crippen LogP contribution < -0.4 is 5.73 Å². The lowest BCUT2D eigenvalue weighted by Gasteiger charge is -1.90. The van der Waals surface area contributed by atoms with Gasteiger partial charge in [-0.05, 0) is 30.0 Å². The third-order valence-corrected chi connectivity index (χ3v) is 2.53. The van der Waals surface area contributed by atoms with Crippen LogP contribution in [0.25, 0.3) is 6.08 Å². The summed E-state index contributed by atoms with van der Waals surface area (Å²) in [4.78, 5) is 1.26. The second kappa shape index (κ2) is 5.91. The van der Waals surface area contributed by atoms with E-state index in [-0.39, 0.29) is 0 Å². The van der Waals surface area contributed by atoms with Crippen LogP contribution in [0.3, 0.4) is 0 Å². The van der Waals surface area contributed by atoms with Crippen molar-refractivity contribution in [2.75, 3.05) is 13.7 Å². The highest BCUT2D eigenvalue weighted by atomic mass is 32.1. The van der Waals surface area contributed by atoms with Gasteiger partial charge in [0.1, 0.15) is 0 Å². The molecular weight excluding hydrogens is 182 g/mol. The second-order valence-electron chi connectivity index (χ2n) is 2.76. The van der Waals surface area contributed by atoms with Crippen LogP contribution in [0.1, 0.15) is 16.9 Å². The van der Waals surface area contributed by atoms with Gasteiger partial charge in [0.15, 0.2) is 0 Å². The highest BCUT2D eigenvalue weighted by molar-refractivity contribution is 7.10. The topological polar surface area (TPSA) is 35.2 Å². The summed E-state index contributed by atoms with van der Waals surface area (Å²) in [6.45, 7) is 1.42. The highest BCUT2D eigenvalue weighted by Gasteiger charge is 1.95. The number of ether oxygens (including phenoxy) is 1. The summed E-state index contributed by atoms with van der Waals surface area (Å²) in [6, 6.07) is 2.14. The van der Waals surface area contributed by atoms with Crippen LogP contribution in [0.5, 0.6) is 0 Å². The maximum absolute atomic E-state index is 5.38. The van der Waals surface area contributed by atoms with E-state index in [9.17, 15) is 0 Å². The Labute approximate surface area is 83.0 Å². The van der Waals surface area contributed by atoms with Crippen LogP contribution in [0, 0.1) is 0 Å². The molecule has 72 valence electrons. The van der Waals surface area contributed by atoms with E-state index in [1.807, 2.05) is 0 Å². The van der Waals surface area contributed by atoms with Crippen molar-refractivity contribution in [1.29, 1.82) is 0 Å². The van der Waals surface area contributed by atoms with Gasteiger partial charge in [0.25, 0.3) is 0 Å². The average molecular weight is 197 g/mol. The molecule has 2 nitrogen and oxygen atoms in total. The minimum Gasteiger partial charge on any atom is -0.379 e. The van der Waals surface area contributed by atoms with Gasteiger partial charge in [-0.1, -0.05) is 12.2 Å². The summed E-state index contributed by atoms with van der Waals surface area (Å²) in [5.74, 6) is 0. The van der Waals surface area contributed by atoms with Crippen LogP contribution >= 0.6 is 11.3 Å². The molecule has 0 atom stereocenters. The van der Waals surface area contributed by atoms with Crippen molar-refractivity contribution in [3.05, 3.63) is 28.0 Å². The smallest absolute Gasteiger partial charge is 0.0805 e. The van der Waals surface area contributed by atoms with Gasteiger partial charge in [0.2, 0.25) is 0 Å². The van der Waals surface area contributed by atoms with Crippen LogP contribution in [-0.2, 0) is 11.3 Å². The second-order valence-corrected chi connectivity index (χ2v) is 3.75. The maximum atomic E-state index is 5.38. The number of rotatable bonds is 5. The van der Waals surface area contributed by atoms with Crippen molar-refractivity contribution in [3.63, 3.8) is 0 Å². The van der Waals surface area contributed by atoms with Crippen molar-refractivity contribution >= 4 is 17.4 Å². The summed E-state index contributed by atoms with van der Waals surface area (Å²) in [5.41, 5.74) is 6.62. The first-order chi connectivity index (χ1) is 6.36. The number of methoxy groups -OCH3 is 1. The van der Waals surface area contributed by atoms with E-state index in [0.717, 1.165) is 6.42 Å². The molecule has 2 N–H and O–H groups in total. The van der Waals surface area contributed by atoms with Gasteiger partial charge < -0.3 is 10.5 Å². The fraction of sp³-hybridized carbons (Fsp3) is 0.400. The van der Waals surface area contributed by atoms with Crippen LogP contribution in [-0.4, -0.2) is 13.7 Å². The van der Waals surface area contributed by atoms with Gasteiger partial charge in [-0.25, -0.2) is 0 Å². The van der Waals surface area contributed by atoms with Crippen LogP contribution in [0.15, 0.2) is 17.5 Å². The minimum absolute atomic E-state index is 0.704. The molecule has 1 heterocycles. The molecule has 0 aromatic carbocycles. The van der Waals surface area contributed by atoms with Crippen molar-refractivity contribution in [2.24, 2.45) is 5.73 Å². The molecule has 3 heteroatoms. The van der Waals surface area contributed by atoms with Gasteiger partial charge in [-0.2, -0.15) is 0 Å². The normalized spacial score (nSPS) is 11.2. The molecule has 0 fully saturated rings. The summed E-state index contributed by atoms with van der Waals surface area (Å²) >= 11 is 1.72. The standard InChI is InChI=1S/C10H15NOS/c1-12-7-10-6-9(8-13-10)4-2-3-5-11/h2,4,6,8H,3,5,7,11H2,1H3. The van der Waals surface area contributed by atoms with Gasteiger partial charge in [0.05, 0.1) is 6.61 Å². The molecular formula is C10H15NOS. The first-order valence-electron chi connectivity index (χ1n) is 4.29. The van der Waals surface area contributed by atoms with Crippen molar-refractivity contribution in [2.45, 2.75) is 13.0 Å². The quantitative estimate of drug-likeness (QED) is 0.785. The van der Waals surface area contributed by atoms with E-state index in [1.165, 1.54) is 10.4 Å². The van der Waals surface area contributed by atoms with Crippen LogP contribution in [0.2, 0.25) is 0 Å². The first-order valence-corrected chi connectivity index (χ1v) is 5.17. The van der Waals surface area contributed by atoms with E-state index >= 15 is 0 Å². The SMILES string of the molecule is COCc1cc(C=CCCN)cs1. The third-order valence-electron chi connectivity index (χ3n) is 1.60. The predicted octanol–water partition coefficient (Wildman–Crippen LogP) is 2.26. The Morgan fingerprint density at radius 2 is 2.46 bits per heavy atom. The Balaban J connectivity index is 2.48. The molecule has 0 bridgehead atoms. The summed E-state index contributed by atoms with van der Waals surface area (Å²) in [6.07, 6.45) is 5.14. The summed E-state index contributed by atoms with van der Waals surface area (Å²) in [5, 5.41) is 2.13. The Bertz CT molecular complexity index is 268. The molecule has 0 amide bonds. The highest BCUT2D eigenvalue weighted by Crippen LogP contribution is 2.16. The number of hydrogen-bond donors (Lipinski definition) is 1. The molecule has 0 aliphatic rings. The molecule has 1 aromatic heterocycles. The van der Waals surface area contributed by atoms with Gasteiger partial charge in [-0.3, -0.25) is 0 Å². The molecule has 0 saturated carbocycles. The zero-order valence-corrected chi connectivity index (χ0v) is 8.64. The largest absolute Gasteiger partial charge is 0.379 e. The van der Waals surface area contributed by atoms with E-state index < -0.39 is 0 Å². The molecule has 13 heavy (non-hydrogen) atoms. The molecule has 0 unspecified atom stereocenters. The minimum atomic E-state index is 0.704. The molecule has 0 radical (unpaired) electrons. The van der Waals surface area contributed by atoms with Gasteiger partial charge >= 0.3 is 0 Å². The molecule has 1 aromatic rings. The molecule has 0 spiro atoms. The lowest BCUT2D eigenvalue weighted by Crippen LogP contribution is -1.94. The summed E-state index contributed by atoms with van der Waals surface area (Å²) < 4.78 is 5.03. The zero-order chi connectivity index (χ0) is 9.52. The molecule has 0 aliphatic carbocycles. The van der Waals surface area contributed by atoms with Crippen molar-refractivity contribution in [1.82, 2.24) is 0 Å². The average Bonchev–Trinajstić information content (AvgIpc) is 2.54. The van der Waals surface area contributed by atoms with Gasteiger partial charge in [0, 0.05) is 12.0 Å². The molecule has 0 saturated heterocycles. The lowest BCUT2D eigenvalue weighted by atomic mass is 10.2. The summed E-state index contributed by atoms with van der Waals surface area (Å²) in [7, 11) is 1.71. The van der Waals surface area contributed by atoms with Gasteiger partial charge in [-0.15, -0.1) is 11.3 Å². The predicted molar refractivity (Wildman–Crippen MR) is 57.7 cm³/mol. The van der Waals surface area contributed by atoms with Crippen molar-refractivity contribution in [3.8, 4) is 0 Å². The first kappa shape index (κ1) is 10.4. The number of nitrogens with two attached hydrogens (primary N) is 1. The monoisotopic (exact) mass is 197 g/mol. The van der Waals surface area contributed by atoms with Crippen LogP contribution in [0.4, 0.5) is 0 Å². The third kappa shape index (κ3) is 3.72. The fourth-order valence-corrected chi connectivity index (χ4v) is 1.84. The van der Waals surface area contributed by atoms with E-state index in [0.29, 0.717) is 13.2 Å². The van der Waals surface area contributed by atoms with E-state index in [2.05, 4.69) is 23.6 Å². The molecule has 1 rings (SSSR count). The van der Waals surface area contributed by atoms with Crippen molar-refractivity contribution < 1.29 is 4.74 Å². The zero-order valence-electron chi connectivity index (χ0n) is 7.82. The Hall–Kier alpha value is -0.640. The maximum Gasteiger partial charge on any atom is 0.0805 e.